The van der Waals surface area contributed by atoms with E-state index in [9.17, 15) is 10.5 Å². The van der Waals surface area contributed by atoms with Crippen LogP contribution in [-0.2, 0) is 0 Å². The van der Waals surface area contributed by atoms with Crippen LogP contribution in [0.3, 0.4) is 0 Å². The van der Waals surface area contributed by atoms with Gasteiger partial charge in [-0.2, -0.15) is 10.5 Å². The molecule has 0 aliphatic carbocycles. The molecule has 0 N–H and O–H groups in total. The van der Waals surface area contributed by atoms with Gasteiger partial charge in [0, 0.05) is 53.1 Å². The second-order valence-electron chi connectivity index (χ2n) is 10.8. The van der Waals surface area contributed by atoms with Gasteiger partial charge in [0.15, 0.2) is 0 Å². The molecule has 0 fully saturated rings. The number of para-hydroxylation sites is 1. The Morgan fingerprint density at radius 3 is 1.84 bits per heavy atom. The molecule has 0 amide bonds. The highest BCUT2D eigenvalue weighted by atomic mass is 32.1. The Hall–Kier alpha value is -5.88. The van der Waals surface area contributed by atoms with E-state index < -0.39 is 0 Å². The fraction of sp³-hybridized carbons (Fsp3) is 0. The van der Waals surface area contributed by atoms with Gasteiger partial charge < -0.3 is 9.13 Å². The molecule has 6 aromatic carbocycles. The summed E-state index contributed by atoms with van der Waals surface area (Å²) in [6.45, 7) is 0. The average molecular weight is 565 g/mol. The highest BCUT2D eigenvalue weighted by molar-refractivity contribution is 7.26. The van der Waals surface area contributed by atoms with E-state index in [0.717, 1.165) is 49.6 Å². The predicted octanol–water partition coefficient (Wildman–Crippen LogP) is 9.99. The minimum Gasteiger partial charge on any atom is -0.309 e. The average Bonchev–Trinajstić information content (AvgIpc) is 3.71. The minimum absolute atomic E-state index is 0.652. The third kappa shape index (κ3) is 3.29. The Bertz CT molecular complexity index is 2710. The number of benzene rings is 6. The number of thiophene rings is 1. The number of hydrogen-bond donors (Lipinski definition) is 0. The molecule has 5 heteroatoms. The fourth-order valence-electron chi connectivity index (χ4n) is 6.73. The number of hydrogen-bond acceptors (Lipinski definition) is 3. The van der Waals surface area contributed by atoms with Crippen molar-refractivity contribution in [3.05, 3.63) is 132 Å². The van der Waals surface area contributed by atoms with E-state index in [1.807, 2.05) is 47.7 Å². The molecule has 0 saturated carbocycles. The largest absolute Gasteiger partial charge is 0.309 e. The van der Waals surface area contributed by atoms with Gasteiger partial charge in [-0.25, -0.2) is 0 Å². The van der Waals surface area contributed by atoms with Crippen molar-refractivity contribution in [2.45, 2.75) is 0 Å². The molecule has 9 aromatic rings. The van der Waals surface area contributed by atoms with Crippen LogP contribution < -0.4 is 0 Å². The molecule has 0 aliphatic rings. The lowest BCUT2D eigenvalue weighted by molar-refractivity contribution is 1.13. The Balaban J connectivity index is 1.36. The van der Waals surface area contributed by atoms with E-state index in [2.05, 4.69) is 106 Å². The first kappa shape index (κ1) is 23.8. The van der Waals surface area contributed by atoms with Crippen molar-refractivity contribution < 1.29 is 0 Å². The number of fused-ring (bicyclic) bond motifs is 10. The van der Waals surface area contributed by atoms with Gasteiger partial charge in [0.1, 0.15) is 0 Å². The minimum atomic E-state index is 0.652. The van der Waals surface area contributed by atoms with E-state index in [-0.39, 0.29) is 0 Å². The summed E-state index contributed by atoms with van der Waals surface area (Å²) >= 11 is 1.81. The van der Waals surface area contributed by atoms with Crippen molar-refractivity contribution >= 4 is 75.1 Å². The molecule has 0 atom stereocenters. The highest BCUT2D eigenvalue weighted by Gasteiger charge is 2.19. The van der Waals surface area contributed by atoms with Gasteiger partial charge in [-0.15, -0.1) is 11.3 Å². The van der Waals surface area contributed by atoms with Crippen LogP contribution >= 0.6 is 11.3 Å². The summed E-state index contributed by atoms with van der Waals surface area (Å²) in [5.74, 6) is 0. The number of rotatable bonds is 2. The van der Waals surface area contributed by atoms with Crippen LogP contribution in [0.1, 0.15) is 11.1 Å². The molecule has 198 valence electrons. The second kappa shape index (κ2) is 8.81. The zero-order valence-corrected chi connectivity index (χ0v) is 23.6. The van der Waals surface area contributed by atoms with E-state index in [4.69, 9.17) is 0 Å². The molecule has 3 aromatic heterocycles. The lowest BCUT2D eigenvalue weighted by Crippen LogP contribution is -1.98. The molecule has 3 heterocycles. The first-order valence-electron chi connectivity index (χ1n) is 14.1. The molecule has 43 heavy (non-hydrogen) atoms. The van der Waals surface area contributed by atoms with Crippen molar-refractivity contribution in [3.8, 4) is 23.5 Å². The summed E-state index contributed by atoms with van der Waals surface area (Å²) in [5.41, 5.74) is 7.73. The predicted molar refractivity (Wildman–Crippen MR) is 177 cm³/mol. The van der Waals surface area contributed by atoms with Gasteiger partial charge in [0.25, 0.3) is 0 Å². The van der Waals surface area contributed by atoms with Gasteiger partial charge in [-0.3, -0.25) is 0 Å². The van der Waals surface area contributed by atoms with Crippen LogP contribution in [0.2, 0.25) is 0 Å². The number of aromatic nitrogens is 2. The molecule has 0 spiro atoms. The van der Waals surface area contributed by atoms with Crippen molar-refractivity contribution in [2.24, 2.45) is 0 Å². The first-order chi connectivity index (χ1) is 21.2. The van der Waals surface area contributed by atoms with E-state index >= 15 is 0 Å². The van der Waals surface area contributed by atoms with E-state index in [0.29, 0.717) is 11.1 Å². The maximum atomic E-state index is 9.79. The fourth-order valence-corrected chi connectivity index (χ4v) is 7.98. The molecular formula is C38H20N4S. The maximum Gasteiger partial charge on any atom is 0.0991 e. The van der Waals surface area contributed by atoms with Gasteiger partial charge >= 0.3 is 0 Å². The summed E-state index contributed by atoms with van der Waals surface area (Å²) < 4.78 is 7.10. The third-order valence-corrected chi connectivity index (χ3v) is 9.75. The summed E-state index contributed by atoms with van der Waals surface area (Å²) in [4.78, 5) is 0. The van der Waals surface area contributed by atoms with Crippen LogP contribution in [0.4, 0.5) is 0 Å². The molecule has 0 saturated heterocycles. The van der Waals surface area contributed by atoms with Crippen LogP contribution in [-0.4, -0.2) is 9.13 Å². The normalized spacial score (nSPS) is 11.7. The van der Waals surface area contributed by atoms with Gasteiger partial charge in [-0.1, -0.05) is 48.5 Å². The molecule has 0 bridgehead atoms. The number of nitriles is 2. The van der Waals surface area contributed by atoms with Crippen LogP contribution in [0.5, 0.6) is 0 Å². The zero-order valence-electron chi connectivity index (χ0n) is 22.7. The summed E-state index contributed by atoms with van der Waals surface area (Å²) in [6, 6.07) is 46.6. The molecule has 0 unspecified atom stereocenters. The molecular weight excluding hydrogens is 545 g/mol. The Morgan fingerprint density at radius 1 is 0.465 bits per heavy atom. The summed E-state index contributed by atoms with van der Waals surface area (Å²) in [7, 11) is 0. The molecule has 0 aliphatic heterocycles. The third-order valence-electron chi connectivity index (χ3n) is 8.55. The standard InChI is InChI=1S/C38H20N4S/c39-21-23-12-15-33-30(18-23)27-8-1-3-10-32(27)41(33)25-6-5-7-26(20-25)42-34-16-13-24(22-40)19-31(34)37-35(42)17-14-29-28-9-2-4-11-36(28)43-38(29)37/h1-20H. The molecule has 9 rings (SSSR count). The zero-order chi connectivity index (χ0) is 28.7. The van der Waals surface area contributed by atoms with Crippen LogP contribution in [0, 0.1) is 22.7 Å². The van der Waals surface area contributed by atoms with Crippen molar-refractivity contribution in [2.75, 3.05) is 0 Å². The summed E-state index contributed by atoms with van der Waals surface area (Å²) in [5, 5.41) is 26.3. The van der Waals surface area contributed by atoms with E-state index in [1.165, 1.54) is 25.6 Å². The summed E-state index contributed by atoms with van der Waals surface area (Å²) in [6.07, 6.45) is 0. The quantitative estimate of drug-likeness (QED) is 0.210. The topological polar surface area (TPSA) is 57.4 Å². The Kier molecular flexibility index (Phi) is 4.87. The second-order valence-corrected chi connectivity index (χ2v) is 11.9. The lowest BCUT2D eigenvalue weighted by atomic mass is 10.1. The van der Waals surface area contributed by atoms with E-state index in [1.54, 1.807) is 0 Å². The SMILES string of the molecule is N#Cc1ccc2c(c1)c1ccccc1n2-c1cccc(-n2c3ccc(C#N)cc3c3c4sc5ccccc5c4ccc32)c1. The van der Waals surface area contributed by atoms with Crippen molar-refractivity contribution in [1.82, 2.24) is 9.13 Å². The Morgan fingerprint density at radius 2 is 1.07 bits per heavy atom. The Labute approximate surface area is 250 Å². The van der Waals surface area contributed by atoms with Crippen LogP contribution in [0.15, 0.2) is 121 Å². The van der Waals surface area contributed by atoms with Gasteiger partial charge in [0.2, 0.25) is 0 Å². The van der Waals surface area contributed by atoms with Crippen molar-refractivity contribution in [1.29, 1.82) is 10.5 Å². The highest BCUT2D eigenvalue weighted by Crippen LogP contribution is 2.43. The van der Waals surface area contributed by atoms with Crippen molar-refractivity contribution in [3.63, 3.8) is 0 Å². The maximum absolute atomic E-state index is 9.79. The smallest absolute Gasteiger partial charge is 0.0991 e. The molecule has 4 nitrogen and oxygen atoms in total. The monoisotopic (exact) mass is 564 g/mol. The molecule has 0 radical (unpaired) electrons. The lowest BCUT2D eigenvalue weighted by Gasteiger charge is -2.13. The van der Waals surface area contributed by atoms with Gasteiger partial charge in [-0.05, 0) is 72.8 Å². The first-order valence-corrected chi connectivity index (χ1v) is 14.9. The van der Waals surface area contributed by atoms with Gasteiger partial charge in [0.05, 0.1) is 45.3 Å². The van der Waals surface area contributed by atoms with Crippen LogP contribution in [0.25, 0.3) is 75.2 Å². The number of nitrogens with zero attached hydrogens (tertiary/aromatic N) is 4.